The number of thiophene rings is 1. The molecule has 2 N–H and O–H groups in total. The smallest absolute Gasteiger partial charge is 0.335 e. The SMILES string of the molecule is O=C1C[C@@H](c2ccc(C(=O)O)cc2)c2cnn(Cc3cccs3)c2N1. The highest BCUT2D eigenvalue weighted by Gasteiger charge is 2.30. The van der Waals surface area contributed by atoms with Crippen LogP contribution in [0.3, 0.4) is 0 Å². The molecule has 126 valence electrons. The molecule has 0 bridgehead atoms. The molecule has 1 atom stereocenters. The summed E-state index contributed by atoms with van der Waals surface area (Å²) >= 11 is 1.64. The van der Waals surface area contributed by atoms with E-state index in [-0.39, 0.29) is 17.4 Å². The van der Waals surface area contributed by atoms with Gasteiger partial charge in [0.05, 0.1) is 18.3 Å². The minimum absolute atomic E-state index is 0.0623. The highest BCUT2D eigenvalue weighted by molar-refractivity contribution is 7.09. The summed E-state index contributed by atoms with van der Waals surface area (Å²) in [6.07, 6.45) is 2.11. The largest absolute Gasteiger partial charge is 0.478 e. The lowest BCUT2D eigenvalue weighted by molar-refractivity contribution is -0.116. The van der Waals surface area contributed by atoms with Crippen LogP contribution in [0.5, 0.6) is 0 Å². The molecule has 7 heteroatoms. The lowest BCUT2D eigenvalue weighted by Crippen LogP contribution is -2.25. The van der Waals surface area contributed by atoms with Crippen LogP contribution in [0.15, 0.2) is 48.0 Å². The molecule has 1 aliphatic heterocycles. The van der Waals surface area contributed by atoms with Gasteiger partial charge in [0.1, 0.15) is 5.82 Å². The molecule has 0 aliphatic carbocycles. The second-order valence-corrected chi connectivity index (χ2v) is 6.95. The molecule has 0 radical (unpaired) electrons. The monoisotopic (exact) mass is 353 g/mol. The molecule has 25 heavy (non-hydrogen) atoms. The first-order valence-corrected chi connectivity index (χ1v) is 8.71. The van der Waals surface area contributed by atoms with Crippen LogP contribution in [-0.4, -0.2) is 26.8 Å². The van der Waals surface area contributed by atoms with Gasteiger partial charge in [0.2, 0.25) is 5.91 Å². The Balaban J connectivity index is 1.69. The van der Waals surface area contributed by atoms with Crippen molar-refractivity contribution in [2.24, 2.45) is 0 Å². The number of rotatable bonds is 4. The highest BCUT2D eigenvalue weighted by Crippen LogP contribution is 2.37. The van der Waals surface area contributed by atoms with Crippen molar-refractivity contribution >= 4 is 29.0 Å². The fraction of sp³-hybridized carbons (Fsp3) is 0.167. The minimum Gasteiger partial charge on any atom is -0.478 e. The number of aromatic nitrogens is 2. The Hall–Kier alpha value is -2.93. The van der Waals surface area contributed by atoms with E-state index in [9.17, 15) is 9.59 Å². The van der Waals surface area contributed by atoms with Crippen LogP contribution in [0.2, 0.25) is 0 Å². The molecule has 1 amide bonds. The van der Waals surface area contributed by atoms with Crippen molar-refractivity contribution in [1.82, 2.24) is 9.78 Å². The van der Waals surface area contributed by atoms with Gasteiger partial charge in [-0.3, -0.25) is 4.79 Å². The van der Waals surface area contributed by atoms with Crippen LogP contribution < -0.4 is 5.32 Å². The van der Waals surface area contributed by atoms with E-state index in [4.69, 9.17) is 5.11 Å². The normalized spacial score (nSPS) is 16.3. The zero-order chi connectivity index (χ0) is 17.4. The number of carboxylic acids is 1. The molecular weight excluding hydrogens is 338 g/mol. The van der Waals surface area contributed by atoms with E-state index in [1.165, 1.54) is 0 Å². The summed E-state index contributed by atoms with van der Waals surface area (Å²) in [6.45, 7) is 0.609. The van der Waals surface area contributed by atoms with Gasteiger partial charge in [-0.2, -0.15) is 5.10 Å². The number of carbonyl (C=O) groups is 2. The van der Waals surface area contributed by atoms with Crippen molar-refractivity contribution in [1.29, 1.82) is 0 Å². The number of fused-ring (bicyclic) bond motifs is 1. The van der Waals surface area contributed by atoms with E-state index in [1.807, 2.05) is 17.5 Å². The predicted molar refractivity (Wildman–Crippen MR) is 94.1 cm³/mol. The summed E-state index contributed by atoms with van der Waals surface area (Å²) in [6, 6.07) is 10.7. The number of amides is 1. The molecule has 1 aromatic carbocycles. The van der Waals surface area contributed by atoms with Crippen LogP contribution in [0.4, 0.5) is 5.82 Å². The Morgan fingerprint density at radius 3 is 2.80 bits per heavy atom. The van der Waals surface area contributed by atoms with Gasteiger partial charge < -0.3 is 10.4 Å². The van der Waals surface area contributed by atoms with E-state index in [0.29, 0.717) is 13.0 Å². The van der Waals surface area contributed by atoms with Crippen LogP contribution in [-0.2, 0) is 11.3 Å². The van der Waals surface area contributed by atoms with E-state index < -0.39 is 5.97 Å². The zero-order valence-corrected chi connectivity index (χ0v) is 14.0. The maximum absolute atomic E-state index is 12.2. The van der Waals surface area contributed by atoms with Crippen molar-refractivity contribution in [2.45, 2.75) is 18.9 Å². The summed E-state index contributed by atoms with van der Waals surface area (Å²) in [5, 5.41) is 18.4. The van der Waals surface area contributed by atoms with Crippen LogP contribution >= 0.6 is 11.3 Å². The second-order valence-electron chi connectivity index (χ2n) is 5.92. The highest BCUT2D eigenvalue weighted by atomic mass is 32.1. The zero-order valence-electron chi connectivity index (χ0n) is 13.2. The first-order valence-electron chi connectivity index (χ1n) is 7.83. The molecule has 3 aromatic rings. The number of nitrogens with zero attached hydrogens (tertiary/aromatic N) is 2. The molecule has 2 aromatic heterocycles. The van der Waals surface area contributed by atoms with Crippen molar-refractivity contribution in [3.8, 4) is 0 Å². The Kier molecular flexibility index (Phi) is 3.85. The molecule has 4 rings (SSSR count). The maximum atomic E-state index is 12.2. The Morgan fingerprint density at radius 2 is 2.12 bits per heavy atom. The van der Waals surface area contributed by atoms with E-state index in [2.05, 4.69) is 10.4 Å². The summed E-state index contributed by atoms with van der Waals surface area (Å²) in [7, 11) is 0. The minimum atomic E-state index is -0.961. The average Bonchev–Trinajstić information content (AvgIpc) is 3.25. The molecule has 6 nitrogen and oxygen atoms in total. The fourth-order valence-electron chi connectivity index (χ4n) is 3.10. The predicted octanol–water partition coefficient (Wildman–Crippen LogP) is 3.17. The van der Waals surface area contributed by atoms with Gasteiger partial charge in [0.25, 0.3) is 0 Å². The molecule has 0 saturated heterocycles. The van der Waals surface area contributed by atoms with Gasteiger partial charge in [0, 0.05) is 22.8 Å². The first kappa shape index (κ1) is 15.6. The summed E-state index contributed by atoms with van der Waals surface area (Å²) in [4.78, 5) is 24.4. The van der Waals surface area contributed by atoms with Gasteiger partial charge in [-0.05, 0) is 29.1 Å². The first-order chi connectivity index (χ1) is 12.1. The fourth-order valence-corrected chi connectivity index (χ4v) is 3.78. The lowest BCUT2D eigenvalue weighted by atomic mass is 9.87. The topological polar surface area (TPSA) is 84.2 Å². The second kappa shape index (κ2) is 6.18. The summed E-state index contributed by atoms with van der Waals surface area (Å²) in [5.74, 6) is -0.425. The van der Waals surface area contributed by atoms with E-state index in [1.54, 1.807) is 46.5 Å². The van der Waals surface area contributed by atoms with Crippen molar-refractivity contribution in [3.05, 3.63) is 69.5 Å². The van der Waals surface area contributed by atoms with Gasteiger partial charge in [0.15, 0.2) is 0 Å². The number of anilines is 1. The standard InChI is InChI=1S/C18H15N3O3S/c22-16-8-14(11-3-5-12(6-4-11)18(23)24)15-9-19-21(17(15)20-16)10-13-2-1-7-25-13/h1-7,9,14H,8,10H2,(H,20,22)(H,23,24)/t14-/m0/s1. The molecule has 0 fully saturated rings. The molecular formula is C18H15N3O3S. The van der Waals surface area contributed by atoms with Gasteiger partial charge in [-0.25, -0.2) is 9.48 Å². The molecule has 0 unspecified atom stereocenters. The number of hydrogen-bond acceptors (Lipinski definition) is 4. The average molecular weight is 353 g/mol. The van der Waals surface area contributed by atoms with E-state index >= 15 is 0 Å². The van der Waals surface area contributed by atoms with Gasteiger partial charge >= 0.3 is 5.97 Å². The van der Waals surface area contributed by atoms with Gasteiger partial charge in [-0.1, -0.05) is 18.2 Å². The number of aromatic carboxylic acids is 1. The number of nitrogens with one attached hydrogen (secondary N) is 1. The number of benzene rings is 1. The Labute approximate surface area is 147 Å². The molecule has 3 heterocycles. The number of carbonyl (C=O) groups excluding carboxylic acids is 1. The Bertz CT molecular complexity index is 929. The van der Waals surface area contributed by atoms with E-state index in [0.717, 1.165) is 21.8 Å². The van der Waals surface area contributed by atoms with Crippen molar-refractivity contribution < 1.29 is 14.7 Å². The lowest BCUT2D eigenvalue weighted by Gasteiger charge is -2.23. The van der Waals surface area contributed by atoms with Crippen LogP contribution in [0, 0.1) is 0 Å². The van der Waals surface area contributed by atoms with Crippen LogP contribution in [0.25, 0.3) is 0 Å². The number of hydrogen-bond donors (Lipinski definition) is 2. The van der Waals surface area contributed by atoms with Crippen molar-refractivity contribution in [2.75, 3.05) is 5.32 Å². The van der Waals surface area contributed by atoms with Gasteiger partial charge in [-0.15, -0.1) is 11.3 Å². The molecule has 0 spiro atoms. The van der Waals surface area contributed by atoms with Crippen molar-refractivity contribution in [3.63, 3.8) is 0 Å². The summed E-state index contributed by atoms with van der Waals surface area (Å²) < 4.78 is 1.80. The molecule has 0 saturated carbocycles. The third kappa shape index (κ3) is 2.94. The molecule has 1 aliphatic rings. The quantitative estimate of drug-likeness (QED) is 0.754. The van der Waals surface area contributed by atoms with Crippen LogP contribution in [0.1, 0.15) is 38.7 Å². The summed E-state index contributed by atoms with van der Waals surface area (Å²) in [5.41, 5.74) is 2.11. The maximum Gasteiger partial charge on any atom is 0.335 e. The number of carboxylic acid groups (broad SMARTS) is 1. The third-order valence-corrected chi connectivity index (χ3v) is 5.20. The third-order valence-electron chi connectivity index (χ3n) is 4.34. The Morgan fingerprint density at radius 1 is 1.32 bits per heavy atom.